The summed E-state index contributed by atoms with van der Waals surface area (Å²) < 4.78 is 31.4. The van der Waals surface area contributed by atoms with Gasteiger partial charge in [-0.05, 0) is 104 Å². The van der Waals surface area contributed by atoms with E-state index >= 15 is 0 Å². The van der Waals surface area contributed by atoms with Gasteiger partial charge in [0, 0.05) is 19.5 Å². The molecule has 0 radical (unpaired) electrons. The second kappa shape index (κ2) is 10.9. The number of hydrogen-bond donors (Lipinski definition) is 3. The monoisotopic (exact) mass is 539 g/mol. The Hall–Kier alpha value is -0.960. The van der Waals surface area contributed by atoms with Crippen LogP contribution in [0.4, 0.5) is 0 Å². The zero-order valence-electron chi connectivity index (χ0n) is 23.0. The lowest BCUT2D eigenvalue weighted by molar-refractivity contribution is -0.174. The van der Waals surface area contributed by atoms with Gasteiger partial charge in [0.15, 0.2) is 0 Å². The van der Waals surface area contributed by atoms with Crippen LogP contribution in [0.5, 0.6) is 0 Å². The molecule has 4 fully saturated rings. The number of amides is 1. The van der Waals surface area contributed by atoms with Gasteiger partial charge in [0.05, 0.1) is 18.0 Å². The topological polar surface area (TPSA) is 115 Å². The second-order valence-corrected chi connectivity index (χ2v) is 15.0. The molecule has 1 amide bonds. The van der Waals surface area contributed by atoms with Crippen LogP contribution in [0, 0.1) is 46.3 Å². The van der Waals surface area contributed by atoms with Crippen molar-refractivity contribution in [3.05, 3.63) is 12.7 Å². The molecular formula is C29H49NO6S. The lowest BCUT2D eigenvalue weighted by Crippen LogP contribution is -2.58. The maximum Gasteiger partial charge on any atom is 0.266 e. The van der Waals surface area contributed by atoms with Gasteiger partial charge in [0.25, 0.3) is 10.1 Å². The van der Waals surface area contributed by atoms with E-state index in [1.54, 1.807) is 6.08 Å². The van der Waals surface area contributed by atoms with Crippen molar-refractivity contribution in [2.45, 2.75) is 97.2 Å². The standard InChI is InChI=1S/C29H49NO6S/c1-5-14-30(15-16-37(34,35)36)26(33)9-6-19(2)22-7-8-23-27-24(11-13-29(22,23)4)28(3)12-10-21(31)17-20(28)18-25(27)32/h5,19-25,27,31-32H,1,6-18H2,2-4H3,(H,34,35,36)/t19-,20?,21-,22-,23+,24+,25+,27+,28+,29-/m1/s1. The van der Waals surface area contributed by atoms with Gasteiger partial charge in [-0.25, -0.2) is 0 Å². The fourth-order valence-electron chi connectivity index (χ4n) is 9.59. The van der Waals surface area contributed by atoms with Crippen molar-refractivity contribution in [1.82, 2.24) is 4.90 Å². The van der Waals surface area contributed by atoms with Crippen molar-refractivity contribution < 1.29 is 28.0 Å². The van der Waals surface area contributed by atoms with Crippen molar-refractivity contribution in [3.8, 4) is 0 Å². The molecule has 4 saturated carbocycles. The molecule has 4 rings (SSSR count). The quantitative estimate of drug-likeness (QED) is 0.297. The molecule has 8 heteroatoms. The number of fused-ring (bicyclic) bond motifs is 5. The Balaban J connectivity index is 1.41. The van der Waals surface area contributed by atoms with Crippen LogP contribution in [0.15, 0.2) is 12.7 Å². The fourth-order valence-corrected chi connectivity index (χ4v) is 10.0. The molecule has 0 aromatic rings. The smallest absolute Gasteiger partial charge is 0.266 e. The van der Waals surface area contributed by atoms with E-state index in [9.17, 15) is 23.4 Å². The number of aliphatic hydroxyl groups is 2. The van der Waals surface area contributed by atoms with Gasteiger partial charge in [0.2, 0.25) is 5.91 Å². The average Bonchev–Trinajstić information content (AvgIpc) is 3.17. The van der Waals surface area contributed by atoms with Crippen LogP contribution in [0.25, 0.3) is 0 Å². The first-order valence-corrected chi connectivity index (χ1v) is 16.1. The molecule has 0 spiro atoms. The van der Waals surface area contributed by atoms with Gasteiger partial charge in [-0.15, -0.1) is 6.58 Å². The molecule has 3 N–H and O–H groups in total. The molecule has 0 aromatic heterocycles. The molecule has 212 valence electrons. The number of carbonyl (C=O) groups is 1. The van der Waals surface area contributed by atoms with Gasteiger partial charge >= 0.3 is 0 Å². The highest BCUT2D eigenvalue weighted by atomic mass is 32.2. The minimum absolute atomic E-state index is 0.0287. The maximum absolute atomic E-state index is 12.9. The minimum atomic E-state index is -4.13. The van der Waals surface area contributed by atoms with Crippen LogP contribution < -0.4 is 0 Å². The number of nitrogens with zero attached hydrogens (tertiary/aromatic N) is 1. The highest BCUT2D eigenvalue weighted by Gasteiger charge is 2.62. The van der Waals surface area contributed by atoms with E-state index in [1.807, 2.05) is 0 Å². The summed E-state index contributed by atoms with van der Waals surface area (Å²) in [5, 5.41) is 21.7. The van der Waals surface area contributed by atoms with Crippen LogP contribution >= 0.6 is 0 Å². The SMILES string of the molecule is C=CCN(CCS(=O)(=O)O)C(=O)CC[C@@H](C)[C@H]1CC[C@H]2[C@@H]3[C@@H](O)CC4C[C@H](O)CC[C@]4(C)[C@H]3CC[C@]12C. The minimum Gasteiger partial charge on any atom is -0.393 e. The number of hydrogen-bond acceptors (Lipinski definition) is 5. The first-order valence-electron chi connectivity index (χ1n) is 14.5. The molecule has 4 aliphatic rings. The van der Waals surface area contributed by atoms with E-state index in [0.717, 1.165) is 57.8 Å². The third-order valence-electron chi connectivity index (χ3n) is 11.6. The molecule has 37 heavy (non-hydrogen) atoms. The predicted octanol–water partition coefficient (Wildman–Crippen LogP) is 4.30. The summed E-state index contributed by atoms with van der Waals surface area (Å²) >= 11 is 0. The molecular weight excluding hydrogens is 490 g/mol. The molecule has 1 unspecified atom stereocenters. The Labute approximate surface area is 223 Å². The summed E-state index contributed by atoms with van der Waals surface area (Å²) in [7, 11) is -4.13. The molecule has 0 aliphatic heterocycles. The summed E-state index contributed by atoms with van der Waals surface area (Å²) in [6, 6.07) is 0. The molecule has 0 saturated heterocycles. The highest BCUT2D eigenvalue weighted by molar-refractivity contribution is 7.85. The summed E-state index contributed by atoms with van der Waals surface area (Å²) in [4.78, 5) is 14.4. The van der Waals surface area contributed by atoms with Crippen molar-refractivity contribution in [2.75, 3.05) is 18.8 Å². The van der Waals surface area contributed by atoms with E-state index in [-0.39, 0.29) is 42.0 Å². The lowest BCUT2D eigenvalue weighted by atomic mass is 9.43. The van der Waals surface area contributed by atoms with E-state index < -0.39 is 15.9 Å². The lowest BCUT2D eigenvalue weighted by Gasteiger charge is -2.62. The number of aliphatic hydroxyl groups excluding tert-OH is 2. The normalized spacial score (nSPS) is 42.3. The molecule has 0 heterocycles. The van der Waals surface area contributed by atoms with Crippen molar-refractivity contribution >= 4 is 16.0 Å². The maximum atomic E-state index is 12.9. The van der Waals surface area contributed by atoms with Crippen LogP contribution in [-0.2, 0) is 14.9 Å². The Morgan fingerprint density at radius 1 is 1.08 bits per heavy atom. The van der Waals surface area contributed by atoms with E-state index in [4.69, 9.17) is 4.55 Å². The molecule has 7 nitrogen and oxygen atoms in total. The molecule has 0 bridgehead atoms. The number of rotatable bonds is 9. The third-order valence-corrected chi connectivity index (χ3v) is 12.2. The highest BCUT2D eigenvalue weighted by Crippen LogP contribution is 2.68. The molecule has 10 atom stereocenters. The first-order chi connectivity index (χ1) is 17.3. The van der Waals surface area contributed by atoms with Gasteiger partial charge in [-0.1, -0.05) is 26.8 Å². The van der Waals surface area contributed by atoms with Gasteiger partial charge in [-0.3, -0.25) is 9.35 Å². The zero-order valence-corrected chi connectivity index (χ0v) is 23.8. The van der Waals surface area contributed by atoms with Crippen molar-refractivity contribution in [3.63, 3.8) is 0 Å². The van der Waals surface area contributed by atoms with Crippen LogP contribution in [-0.4, -0.2) is 65.0 Å². The molecule has 4 aliphatic carbocycles. The van der Waals surface area contributed by atoms with Crippen LogP contribution in [0.1, 0.15) is 85.0 Å². The predicted molar refractivity (Wildman–Crippen MR) is 144 cm³/mol. The Bertz CT molecular complexity index is 954. The number of carbonyl (C=O) groups excluding carboxylic acids is 1. The van der Waals surface area contributed by atoms with Crippen molar-refractivity contribution in [2.24, 2.45) is 46.3 Å². The average molecular weight is 540 g/mol. The van der Waals surface area contributed by atoms with E-state index in [0.29, 0.717) is 41.9 Å². The third kappa shape index (κ3) is 5.68. The van der Waals surface area contributed by atoms with Gasteiger partial charge in [-0.2, -0.15) is 8.42 Å². The largest absolute Gasteiger partial charge is 0.393 e. The summed E-state index contributed by atoms with van der Waals surface area (Å²) in [5.41, 5.74) is 0.380. The Kier molecular flexibility index (Phi) is 8.55. The second-order valence-electron chi connectivity index (χ2n) is 13.4. The Morgan fingerprint density at radius 3 is 2.43 bits per heavy atom. The first kappa shape index (κ1) is 29.0. The van der Waals surface area contributed by atoms with Crippen molar-refractivity contribution in [1.29, 1.82) is 0 Å². The van der Waals surface area contributed by atoms with Gasteiger partial charge in [0.1, 0.15) is 0 Å². The fraction of sp³-hybridized carbons (Fsp3) is 0.897. The summed E-state index contributed by atoms with van der Waals surface area (Å²) in [6.07, 6.45) is 10.4. The Morgan fingerprint density at radius 2 is 1.76 bits per heavy atom. The van der Waals surface area contributed by atoms with Gasteiger partial charge < -0.3 is 15.1 Å². The van der Waals surface area contributed by atoms with E-state index in [2.05, 4.69) is 27.4 Å². The molecule has 0 aromatic carbocycles. The van der Waals surface area contributed by atoms with Crippen LogP contribution in [0.2, 0.25) is 0 Å². The summed E-state index contributed by atoms with van der Waals surface area (Å²) in [5.74, 6) is 2.07. The zero-order chi connectivity index (χ0) is 27.2. The van der Waals surface area contributed by atoms with E-state index in [1.165, 1.54) is 4.90 Å². The van der Waals surface area contributed by atoms with Crippen LogP contribution in [0.3, 0.4) is 0 Å². The summed E-state index contributed by atoms with van der Waals surface area (Å²) in [6.45, 7) is 11.0.